The van der Waals surface area contributed by atoms with Crippen molar-refractivity contribution in [3.05, 3.63) is 0 Å². The van der Waals surface area contributed by atoms with E-state index < -0.39 is 0 Å². The zero-order valence-electron chi connectivity index (χ0n) is 11.5. The molecule has 17 heavy (non-hydrogen) atoms. The molecule has 1 spiro atoms. The Hall–Kier alpha value is -0.0800. The van der Waals surface area contributed by atoms with E-state index in [4.69, 9.17) is 0 Å². The first-order chi connectivity index (χ1) is 8.21. The van der Waals surface area contributed by atoms with Gasteiger partial charge in [0.05, 0.1) is 0 Å². The Kier molecular flexibility index (Phi) is 3.20. The molecule has 3 aliphatic rings. The lowest BCUT2D eigenvalue weighted by Gasteiger charge is -2.59. The fourth-order valence-electron chi connectivity index (χ4n) is 4.52. The Morgan fingerprint density at radius 2 is 1.82 bits per heavy atom. The van der Waals surface area contributed by atoms with Crippen LogP contribution in [-0.4, -0.2) is 36.1 Å². The summed E-state index contributed by atoms with van der Waals surface area (Å²) in [6.45, 7) is 7.21. The fourth-order valence-corrected chi connectivity index (χ4v) is 4.52. The average molecular weight is 236 g/mol. The number of hydrogen-bond donors (Lipinski definition) is 1. The summed E-state index contributed by atoms with van der Waals surface area (Å²) in [6, 6.07) is 2.35. The Bertz CT molecular complexity index is 270. The van der Waals surface area contributed by atoms with Crippen molar-refractivity contribution in [3.63, 3.8) is 0 Å². The molecule has 1 heterocycles. The highest BCUT2D eigenvalue weighted by Crippen LogP contribution is 2.54. The molecule has 3 rings (SSSR count). The van der Waals surface area contributed by atoms with Gasteiger partial charge in [-0.25, -0.2) is 0 Å². The van der Waals surface area contributed by atoms with Crippen LogP contribution in [0.2, 0.25) is 0 Å². The quantitative estimate of drug-likeness (QED) is 0.753. The first-order valence-electron chi connectivity index (χ1n) is 7.70. The molecule has 3 atom stereocenters. The Morgan fingerprint density at radius 1 is 1.06 bits per heavy atom. The van der Waals surface area contributed by atoms with Gasteiger partial charge in [-0.3, -0.25) is 4.90 Å². The van der Waals surface area contributed by atoms with Crippen LogP contribution in [0.3, 0.4) is 0 Å². The summed E-state index contributed by atoms with van der Waals surface area (Å²) in [5.41, 5.74) is 0.740. The van der Waals surface area contributed by atoms with E-state index in [2.05, 4.69) is 24.1 Å². The van der Waals surface area contributed by atoms with Gasteiger partial charge in [-0.1, -0.05) is 19.3 Å². The molecule has 0 bridgehead atoms. The van der Waals surface area contributed by atoms with Gasteiger partial charge in [0.1, 0.15) is 0 Å². The lowest BCUT2D eigenvalue weighted by Crippen LogP contribution is -2.65. The van der Waals surface area contributed by atoms with E-state index in [1.54, 1.807) is 0 Å². The molecule has 0 aromatic heterocycles. The second-order valence-electron chi connectivity index (χ2n) is 6.83. The zero-order valence-corrected chi connectivity index (χ0v) is 11.5. The maximum atomic E-state index is 3.61. The third-order valence-corrected chi connectivity index (χ3v) is 5.68. The highest BCUT2D eigenvalue weighted by Gasteiger charge is 2.50. The molecule has 3 fully saturated rings. The van der Waals surface area contributed by atoms with E-state index in [1.165, 1.54) is 58.0 Å². The first-order valence-corrected chi connectivity index (χ1v) is 7.70. The number of nitrogens with zero attached hydrogens (tertiary/aromatic N) is 1. The highest BCUT2D eigenvalue weighted by atomic mass is 15.3. The minimum absolute atomic E-state index is 0.687. The van der Waals surface area contributed by atoms with Crippen LogP contribution in [-0.2, 0) is 0 Å². The third-order valence-electron chi connectivity index (χ3n) is 5.68. The third kappa shape index (κ3) is 2.04. The molecule has 98 valence electrons. The normalized spacial score (nSPS) is 42.4. The van der Waals surface area contributed by atoms with Crippen LogP contribution in [0.25, 0.3) is 0 Å². The largest absolute Gasteiger partial charge is 0.311 e. The van der Waals surface area contributed by atoms with Crippen molar-refractivity contribution in [2.75, 3.05) is 13.1 Å². The zero-order chi connectivity index (χ0) is 11.9. The molecule has 3 unspecified atom stereocenters. The molecule has 2 aliphatic carbocycles. The topological polar surface area (TPSA) is 15.3 Å². The van der Waals surface area contributed by atoms with E-state index in [9.17, 15) is 0 Å². The molecule has 0 radical (unpaired) electrons. The predicted molar refractivity (Wildman–Crippen MR) is 72.2 cm³/mol. The molecule has 0 aromatic rings. The van der Waals surface area contributed by atoms with Crippen molar-refractivity contribution in [2.45, 2.75) is 76.9 Å². The highest BCUT2D eigenvalue weighted by molar-refractivity contribution is 5.05. The molecule has 2 nitrogen and oxygen atoms in total. The van der Waals surface area contributed by atoms with Crippen molar-refractivity contribution >= 4 is 0 Å². The molecular formula is C15H28N2. The Labute approximate surface area is 106 Å². The van der Waals surface area contributed by atoms with Crippen molar-refractivity contribution in [2.24, 2.45) is 5.41 Å². The van der Waals surface area contributed by atoms with E-state index in [0.717, 1.165) is 17.5 Å². The van der Waals surface area contributed by atoms with Crippen molar-refractivity contribution in [1.29, 1.82) is 0 Å². The van der Waals surface area contributed by atoms with Gasteiger partial charge in [0.15, 0.2) is 0 Å². The van der Waals surface area contributed by atoms with E-state index in [1.807, 2.05) is 0 Å². The maximum absolute atomic E-state index is 3.61. The van der Waals surface area contributed by atoms with Gasteiger partial charge in [0, 0.05) is 31.2 Å². The lowest BCUT2D eigenvalue weighted by molar-refractivity contribution is -0.0787. The monoisotopic (exact) mass is 236 g/mol. The van der Waals surface area contributed by atoms with Crippen LogP contribution < -0.4 is 5.32 Å². The van der Waals surface area contributed by atoms with Crippen LogP contribution in [0.1, 0.15) is 58.8 Å². The van der Waals surface area contributed by atoms with Gasteiger partial charge in [0.2, 0.25) is 0 Å². The van der Waals surface area contributed by atoms with E-state index in [-0.39, 0.29) is 0 Å². The van der Waals surface area contributed by atoms with Crippen LogP contribution >= 0.6 is 0 Å². The van der Waals surface area contributed by atoms with Gasteiger partial charge in [0.25, 0.3) is 0 Å². The average Bonchev–Trinajstić information content (AvgIpc) is 2.34. The second-order valence-corrected chi connectivity index (χ2v) is 6.83. The van der Waals surface area contributed by atoms with Crippen LogP contribution in [0.5, 0.6) is 0 Å². The number of piperazine rings is 1. The number of nitrogens with one attached hydrogen (secondary N) is 1. The number of rotatable bonds is 1. The van der Waals surface area contributed by atoms with Gasteiger partial charge in [-0.15, -0.1) is 0 Å². The summed E-state index contributed by atoms with van der Waals surface area (Å²) in [6.07, 6.45) is 10.5. The fraction of sp³-hybridized carbons (Fsp3) is 1.00. The summed E-state index contributed by atoms with van der Waals surface area (Å²) < 4.78 is 0. The van der Waals surface area contributed by atoms with Crippen molar-refractivity contribution in [1.82, 2.24) is 10.2 Å². The molecule has 0 aromatic carbocycles. The van der Waals surface area contributed by atoms with Gasteiger partial charge >= 0.3 is 0 Å². The predicted octanol–water partition coefficient (Wildman–Crippen LogP) is 2.78. The summed E-state index contributed by atoms with van der Waals surface area (Å²) in [5.74, 6) is 0. The first kappa shape index (κ1) is 12.0. The summed E-state index contributed by atoms with van der Waals surface area (Å²) in [5, 5.41) is 3.61. The van der Waals surface area contributed by atoms with Crippen LogP contribution in [0.4, 0.5) is 0 Å². The smallest absolute Gasteiger partial charge is 0.0196 e. The van der Waals surface area contributed by atoms with Gasteiger partial charge < -0.3 is 5.32 Å². The van der Waals surface area contributed by atoms with E-state index >= 15 is 0 Å². The lowest BCUT2D eigenvalue weighted by atomic mass is 9.56. The summed E-state index contributed by atoms with van der Waals surface area (Å²) in [7, 11) is 0. The number of hydrogen-bond acceptors (Lipinski definition) is 2. The van der Waals surface area contributed by atoms with Crippen molar-refractivity contribution in [3.8, 4) is 0 Å². The maximum Gasteiger partial charge on any atom is 0.0196 e. The Morgan fingerprint density at radius 3 is 2.47 bits per heavy atom. The molecule has 1 aliphatic heterocycles. The molecule has 2 saturated carbocycles. The second kappa shape index (κ2) is 4.55. The Balaban J connectivity index is 1.70. The summed E-state index contributed by atoms with van der Waals surface area (Å²) in [4.78, 5) is 2.84. The van der Waals surface area contributed by atoms with E-state index in [0.29, 0.717) is 6.04 Å². The van der Waals surface area contributed by atoms with Crippen LogP contribution in [0.15, 0.2) is 0 Å². The van der Waals surface area contributed by atoms with Gasteiger partial charge in [-0.2, -0.15) is 0 Å². The molecule has 0 amide bonds. The molecule has 1 saturated heterocycles. The van der Waals surface area contributed by atoms with Gasteiger partial charge in [-0.05, 0) is 44.9 Å². The minimum atomic E-state index is 0.687. The van der Waals surface area contributed by atoms with Crippen molar-refractivity contribution < 1.29 is 0 Å². The van der Waals surface area contributed by atoms with Crippen LogP contribution in [0, 0.1) is 5.41 Å². The molecule has 2 heteroatoms. The molecular weight excluding hydrogens is 208 g/mol. The minimum Gasteiger partial charge on any atom is -0.311 e. The molecule has 1 N–H and O–H groups in total. The summed E-state index contributed by atoms with van der Waals surface area (Å²) >= 11 is 0. The standard InChI is InChI=1S/C15H28N2/c1-12-11-17(13(2)10-16-12)14-6-9-15(14)7-4-3-5-8-15/h12-14,16H,3-11H2,1-2H3. The SMILES string of the molecule is CC1CN(C2CCC23CCCCC3)C(C)CN1.